The van der Waals surface area contributed by atoms with Gasteiger partial charge in [-0.3, -0.25) is 4.79 Å². The summed E-state index contributed by atoms with van der Waals surface area (Å²) < 4.78 is 10.5. The molecule has 0 atom stereocenters. The van der Waals surface area contributed by atoms with Gasteiger partial charge in [0, 0.05) is 44.1 Å². The summed E-state index contributed by atoms with van der Waals surface area (Å²) in [6.07, 6.45) is 3.21. The van der Waals surface area contributed by atoms with Crippen molar-refractivity contribution < 1.29 is 14.1 Å². The van der Waals surface area contributed by atoms with Crippen molar-refractivity contribution in [3.63, 3.8) is 0 Å². The minimum absolute atomic E-state index is 0.0784. The summed E-state index contributed by atoms with van der Waals surface area (Å²) in [4.78, 5) is 25.5. The number of carbonyl (C=O) groups excluding carboxylic acids is 1. The maximum atomic E-state index is 12.5. The molecule has 0 spiro atoms. The standard InChI is InChI=1S/C17H20ClN5O3/c18-15-9-12(26-21-15)1-2-16(24)23-4-3-13-14(10-23)19-11-20-17(13)22-5-7-25-8-6-22/h9,11H,1-8,10H2. The monoisotopic (exact) mass is 377 g/mol. The van der Waals surface area contributed by atoms with Crippen molar-refractivity contribution in [3.05, 3.63) is 34.6 Å². The molecule has 0 unspecified atom stereocenters. The molecule has 2 aliphatic heterocycles. The lowest BCUT2D eigenvalue weighted by Crippen LogP contribution is -2.40. The van der Waals surface area contributed by atoms with Gasteiger partial charge in [-0.25, -0.2) is 9.97 Å². The second-order valence-corrected chi connectivity index (χ2v) is 6.79. The predicted molar refractivity (Wildman–Crippen MR) is 94.0 cm³/mol. The number of aryl methyl sites for hydroxylation is 1. The van der Waals surface area contributed by atoms with Crippen LogP contribution < -0.4 is 4.90 Å². The van der Waals surface area contributed by atoms with Crippen LogP contribution in [0.15, 0.2) is 16.9 Å². The van der Waals surface area contributed by atoms with Gasteiger partial charge in [-0.15, -0.1) is 0 Å². The van der Waals surface area contributed by atoms with Gasteiger partial charge in [0.15, 0.2) is 5.15 Å². The van der Waals surface area contributed by atoms with Crippen LogP contribution in [0.2, 0.25) is 5.15 Å². The fourth-order valence-corrected chi connectivity index (χ4v) is 3.55. The third-order valence-electron chi connectivity index (χ3n) is 4.76. The Morgan fingerprint density at radius 3 is 2.85 bits per heavy atom. The van der Waals surface area contributed by atoms with Gasteiger partial charge in [-0.05, 0) is 6.42 Å². The molecule has 1 saturated heterocycles. The summed E-state index contributed by atoms with van der Waals surface area (Å²) in [6.45, 7) is 4.31. The van der Waals surface area contributed by atoms with E-state index in [0.717, 1.165) is 49.8 Å². The number of hydrogen-bond acceptors (Lipinski definition) is 7. The molecule has 0 N–H and O–H groups in total. The van der Waals surface area contributed by atoms with Gasteiger partial charge < -0.3 is 19.1 Å². The highest BCUT2D eigenvalue weighted by molar-refractivity contribution is 6.29. The zero-order valence-corrected chi connectivity index (χ0v) is 15.1. The normalized spacial score (nSPS) is 17.3. The molecule has 0 saturated carbocycles. The number of anilines is 1. The highest BCUT2D eigenvalue weighted by Crippen LogP contribution is 2.26. The maximum absolute atomic E-state index is 12.5. The van der Waals surface area contributed by atoms with E-state index in [2.05, 4.69) is 20.0 Å². The quantitative estimate of drug-likeness (QED) is 0.797. The van der Waals surface area contributed by atoms with Crippen LogP contribution in [0.3, 0.4) is 0 Å². The van der Waals surface area contributed by atoms with E-state index in [1.165, 1.54) is 0 Å². The highest BCUT2D eigenvalue weighted by Gasteiger charge is 2.26. The van der Waals surface area contributed by atoms with Gasteiger partial charge in [0.1, 0.15) is 17.9 Å². The number of amides is 1. The molecule has 1 fully saturated rings. The van der Waals surface area contributed by atoms with Crippen molar-refractivity contribution in [3.8, 4) is 0 Å². The molecule has 2 aromatic rings. The third kappa shape index (κ3) is 3.66. The second kappa shape index (κ2) is 7.59. The van der Waals surface area contributed by atoms with E-state index < -0.39 is 0 Å². The molecule has 138 valence electrons. The van der Waals surface area contributed by atoms with Crippen molar-refractivity contribution in [2.45, 2.75) is 25.8 Å². The largest absolute Gasteiger partial charge is 0.378 e. The predicted octanol–water partition coefficient (Wildman–Crippen LogP) is 1.47. The average molecular weight is 378 g/mol. The Morgan fingerprint density at radius 1 is 1.23 bits per heavy atom. The molecule has 0 aliphatic carbocycles. The molecule has 0 aromatic carbocycles. The first kappa shape index (κ1) is 17.2. The highest BCUT2D eigenvalue weighted by atomic mass is 35.5. The summed E-state index contributed by atoms with van der Waals surface area (Å²) in [6, 6.07) is 1.64. The van der Waals surface area contributed by atoms with E-state index >= 15 is 0 Å². The molecule has 0 radical (unpaired) electrons. The molecule has 4 heterocycles. The number of nitrogens with zero attached hydrogens (tertiary/aromatic N) is 5. The molecule has 2 aliphatic rings. The Balaban J connectivity index is 1.41. The van der Waals surface area contributed by atoms with E-state index in [1.807, 2.05) is 4.90 Å². The average Bonchev–Trinajstić information content (AvgIpc) is 3.11. The summed E-state index contributed by atoms with van der Waals surface area (Å²) in [5.41, 5.74) is 2.09. The van der Waals surface area contributed by atoms with E-state index in [1.54, 1.807) is 12.4 Å². The van der Waals surface area contributed by atoms with Crippen LogP contribution in [-0.4, -0.2) is 58.8 Å². The summed E-state index contributed by atoms with van der Waals surface area (Å²) in [5, 5.41) is 3.94. The van der Waals surface area contributed by atoms with Crippen LogP contribution in [0.1, 0.15) is 23.4 Å². The van der Waals surface area contributed by atoms with Crippen LogP contribution in [0.4, 0.5) is 5.82 Å². The number of hydrogen-bond donors (Lipinski definition) is 0. The Hall–Kier alpha value is -2.19. The van der Waals surface area contributed by atoms with Crippen molar-refractivity contribution in [1.82, 2.24) is 20.0 Å². The smallest absolute Gasteiger partial charge is 0.223 e. The van der Waals surface area contributed by atoms with Crippen LogP contribution in [0.5, 0.6) is 0 Å². The van der Waals surface area contributed by atoms with E-state index in [0.29, 0.717) is 36.8 Å². The number of carbonyl (C=O) groups is 1. The first-order valence-electron chi connectivity index (χ1n) is 8.75. The molecular formula is C17H20ClN5O3. The van der Waals surface area contributed by atoms with Gasteiger partial charge in [0.05, 0.1) is 25.5 Å². The first-order chi connectivity index (χ1) is 12.7. The minimum atomic E-state index is 0.0784. The molecule has 9 heteroatoms. The number of aromatic nitrogens is 3. The Labute approximate surface area is 156 Å². The molecule has 0 bridgehead atoms. The van der Waals surface area contributed by atoms with Crippen molar-refractivity contribution in [2.24, 2.45) is 0 Å². The molecule has 4 rings (SSSR count). The topological polar surface area (TPSA) is 84.6 Å². The number of rotatable bonds is 4. The number of ether oxygens (including phenoxy) is 1. The van der Waals surface area contributed by atoms with Gasteiger partial charge in [0.25, 0.3) is 0 Å². The summed E-state index contributed by atoms with van der Waals surface area (Å²) >= 11 is 5.73. The molecule has 1 amide bonds. The van der Waals surface area contributed by atoms with Crippen molar-refractivity contribution in [2.75, 3.05) is 37.7 Å². The lowest BCUT2D eigenvalue weighted by molar-refractivity contribution is -0.132. The van der Waals surface area contributed by atoms with Crippen molar-refractivity contribution >= 4 is 23.3 Å². The number of halogens is 1. The lowest BCUT2D eigenvalue weighted by Gasteiger charge is -2.33. The Kier molecular flexibility index (Phi) is 5.03. The van der Waals surface area contributed by atoms with Gasteiger partial charge in [-0.1, -0.05) is 16.8 Å². The van der Waals surface area contributed by atoms with E-state index in [9.17, 15) is 4.79 Å². The first-order valence-corrected chi connectivity index (χ1v) is 9.13. The van der Waals surface area contributed by atoms with Crippen LogP contribution >= 0.6 is 11.6 Å². The summed E-state index contributed by atoms with van der Waals surface area (Å²) in [5.74, 6) is 1.69. The molecule has 2 aromatic heterocycles. The van der Waals surface area contributed by atoms with E-state index in [4.69, 9.17) is 20.9 Å². The van der Waals surface area contributed by atoms with Crippen LogP contribution in [0.25, 0.3) is 0 Å². The van der Waals surface area contributed by atoms with Gasteiger partial charge in [-0.2, -0.15) is 0 Å². The molecule has 26 heavy (non-hydrogen) atoms. The van der Waals surface area contributed by atoms with Gasteiger partial charge >= 0.3 is 0 Å². The van der Waals surface area contributed by atoms with Crippen LogP contribution in [-0.2, 0) is 28.9 Å². The second-order valence-electron chi connectivity index (χ2n) is 6.40. The fraction of sp³-hybridized carbons (Fsp3) is 0.529. The van der Waals surface area contributed by atoms with E-state index in [-0.39, 0.29) is 5.91 Å². The lowest BCUT2D eigenvalue weighted by atomic mass is 10.0. The Bertz CT molecular complexity index is 790. The number of morpholine rings is 1. The molecule has 8 nitrogen and oxygen atoms in total. The third-order valence-corrected chi connectivity index (χ3v) is 4.94. The minimum Gasteiger partial charge on any atom is -0.378 e. The SMILES string of the molecule is O=C(CCc1cc(Cl)no1)N1CCc2c(ncnc2N2CCOCC2)C1. The zero-order valence-electron chi connectivity index (χ0n) is 14.4. The maximum Gasteiger partial charge on any atom is 0.223 e. The van der Waals surface area contributed by atoms with Crippen molar-refractivity contribution in [1.29, 1.82) is 0 Å². The Morgan fingerprint density at radius 2 is 2.08 bits per heavy atom. The fourth-order valence-electron chi connectivity index (χ4n) is 3.39. The van der Waals surface area contributed by atoms with Crippen LogP contribution in [0, 0.1) is 0 Å². The van der Waals surface area contributed by atoms with Gasteiger partial charge in [0.2, 0.25) is 5.91 Å². The summed E-state index contributed by atoms with van der Waals surface area (Å²) in [7, 11) is 0. The zero-order chi connectivity index (χ0) is 17.9. The molecular weight excluding hydrogens is 358 g/mol. The number of fused-ring (bicyclic) bond motifs is 1.